The van der Waals surface area contributed by atoms with E-state index in [4.69, 9.17) is 11.6 Å². The summed E-state index contributed by atoms with van der Waals surface area (Å²) in [4.78, 5) is 7.11. The molecule has 16 heavy (non-hydrogen) atoms. The molecule has 1 N–H and O–H groups in total. The smallest absolute Gasteiger partial charge is 0.0924 e. The number of aryl methyl sites for hydroxylation is 1. The lowest BCUT2D eigenvalue weighted by molar-refractivity contribution is 1.08. The van der Waals surface area contributed by atoms with Gasteiger partial charge in [0, 0.05) is 5.02 Å². The Balaban J connectivity index is 2.03. The van der Waals surface area contributed by atoms with Crippen molar-refractivity contribution in [1.82, 2.24) is 9.97 Å². The zero-order chi connectivity index (χ0) is 11.0. The zero-order valence-corrected chi connectivity index (χ0v) is 9.46. The monoisotopic (exact) mass is 230 g/mol. The Morgan fingerprint density at radius 2 is 2.25 bits per heavy atom. The number of aromatic nitrogens is 2. The van der Waals surface area contributed by atoms with Crippen LogP contribution in [0.25, 0.3) is 11.6 Å². The van der Waals surface area contributed by atoms with Crippen molar-refractivity contribution in [1.29, 1.82) is 0 Å². The Hall–Kier alpha value is -1.54. The maximum absolute atomic E-state index is 5.98. The third-order valence-electron chi connectivity index (χ3n) is 2.93. The number of hydrogen-bond acceptors (Lipinski definition) is 1. The Morgan fingerprint density at radius 3 is 3.06 bits per heavy atom. The number of nitrogens with zero attached hydrogens (tertiary/aromatic N) is 1. The highest BCUT2D eigenvalue weighted by molar-refractivity contribution is 6.30. The minimum atomic E-state index is 0.821. The number of imidazole rings is 1. The number of nitrogens with one attached hydrogen (secondary N) is 1. The van der Waals surface area contributed by atoms with E-state index in [1.807, 2.05) is 12.3 Å². The summed E-state index contributed by atoms with van der Waals surface area (Å²) in [5.41, 5.74) is 5.07. The first-order valence-corrected chi connectivity index (χ1v) is 5.68. The van der Waals surface area contributed by atoms with Crippen molar-refractivity contribution in [3.8, 4) is 0 Å². The van der Waals surface area contributed by atoms with Crippen molar-refractivity contribution in [3.63, 3.8) is 0 Å². The van der Waals surface area contributed by atoms with Gasteiger partial charge in [-0.05, 0) is 47.8 Å². The number of halogens is 1. The van der Waals surface area contributed by atoms with Crippen LogP contribution in [0.5, 0.6) is 0 Å². The second-order valence-electron chi connectivity index (χ2n) is 3.98. The molecule has 1 aliphatic rings. The van der Waals surface area contributed by atoms with Crippen LogP contribution >= 0.6 is 11.6 Å². The average molecular weight is 231 g/mol. The van der Waals surface area contributed by atoms with Crippen LogP contribution in [0.4, 0.5) is 0 Å². The fourth-order valence-electron chi connectivity index (χ4n) is 2.17. The van der Waals surface area contributed by atoms with Gasteiger partial charge in [0.1, 0.15) is 0 Å². The van der Waals surface area contributed by atoms with Crippen LogP contribution in [-0.4, -0.2) is 9.97 Å². The number of rotatable bonds is 1. The fraction of sp³-hybridized carbons (Fsp3) is 0.154. The molecule has 1 aliphatic carbocycles. The molecular formula is C13H11ClN2. The van der Waals surface area contributed by atoms with Crippen LogP contribution in [-0.2, 0) is 6.42 Å². The molecule has 0 bridgehead atoms. The summed E-state index contributed by atoms with van der Waals surface area (Å²) in [5.74, 6) is 0. The van der Waals surface area contributed by atoms with Gasteiger partial charge in [0.05, 0.1) is 18.2 Å². The second-order valence-corrected chi connectivity index (χ2v) is 4.41. The lowest BCUT2D eigenvalue weighted by Crippen LogP contribution is -1.80. The molecule has 0 saturated carbocycles. The molecule has 0 atom stereocenters. The molecule has 2 nitrogen and oxygen atoms in total. The molecule has 1 aromatic carbocycles. The predicted molar refractivity (Wildman–Crippen MR) is 66.2 cm³/mol. The number of H-pyrrole nitrogens is 1. The van der Waals surface area contributed by atoms with Crippen LogP contribution in [0.1, 0.15) is 23.2 Å². The van der Waals surface area contributed by atoms with Gasteiger partial charge in [0.2, 0.25) is 0 Å². The fourth-order valence-corrected chi connectivity index (χ4v) is 2.36. The van der Waals surface area contributed by atoms with Crippen LogP contribution in [0.2, 0.25) is 5.02 Å². The van der Waals surface area contributed by atoms with Gasteiger partial charge in [0.15, 0.2) is 0 Å². The molecule has 1 aromatic heterocycles. The van der Waals surface area contributed by atoms with Gasteiger partial charge in [-0.1, -0.05) is 17.7 Å². The van der Waals surface area contributed by atoms with E-state index in [1.165, 1.54) is 16.7 Å². The third-order valence-corrected chi connectivity index (χ3v) is 3.16. The molecule has 2 aromatic rings. The van der Waals surface area contributed by atoms with Crippen LogP contribution < -0.4 is 0 Å². The van der Waals surface area contributed by atoms with Gasteiger partial charge in [-0.3, -0.25) is 0 Å². The van der Waals surface area contributed by atoms with Crippen LogP contribution in [0, 0.1) is 0 Å². The highest BCUT2D eigenvalue weighted by Crippen LogP contribution is 2.34. The van der Waals surface area contributed by atoms with E-state index < -0.39 is 0 Å². The van der Waals surface area contributed by atoms with Crippen molar-refractivity contribution in [3.05, 3.63) is 52.6 Å². The van der Waals surface area contributed by atoms with E-state index in [9.17, 15) is 0 Å². The van der Waals surface area contributed by atoms with Crippen molar-refractivity contribution >= 4 is 23.3 Å². The van der Waals surface area contributed by atoms with Crippen LogP contribution in [0.15, 0.2) is 30.7 Å². The van der Waals surface area contributed by atoms with E-state index in [1.54, 1.807) is 6.33 Å². The zero-order valence-electron chi connectivity index (χ0n) is 8.70. The number of hydrogen-bond donors (Lipinski definition) is 1. The largest absolute Gasteiger partial charge is 0.345 e. The first kappa shape index (κ1) is 9.67. The minimum absolute atomic E-state index is 0.821. The summed E-state index contributed by atoms with van der Waals surface area (Å²) in [7, 11) is 0. The van der Waals surface area contributed by atoms with Gasteiger partial charge in [0.25, 0.3) is 0 Å². The molecule has 80 valence electrons. The molecule has 0 amide bonds. The summed E-state index contributed by atoms with van der Waals surface area (Å²) in [5, 5.41) is 0.821. The SMILES string of the molecule is Clc1ccc2c(c1)CC/C2=C\c1cnc[nH]1. The molecule has 0 unspecified atom stereocenters. The number of allylic oxidation sites excluding steroid dienone is 1. The molecule has 3 rings (SSSR count). The van der Waals surface area contributed by atoms with E-state index in [0.717, 1.165) is 23.6 Å². The maximum atomic E-state index is 5.98. The molecule has 3 heteroatoms. The van der Waals surface area contributed by atoms with Gasteiger partial charge in [-0.2, -0.15) is 0 Å². The van der Waals surface area contributed by atoms with Crippen molar-refractivity contribution in [2.75, 3.05) is 0 Å². The predicted octanol–water partition coefficient (Wildman–Crippen LogP) is 3.55. The standard InChI is InChI=1S/C13H11ClN2/c14-11-3-4-13-9(5-11)1-2-10(13)6-12-7-15-8-16-12/h3-8H,1-2H2,(H,15,16)/b10-6+. The molecule has 0 aliphatic heterocycles. The molecule has 0 fully saturated rings. The first-order valence-electron chi connectivity index (χ1n) is 5.31. The van der Waals surface area contributed by atoms with Gasteiger partial charge >= 0.3 is 0 Å². The second kappa shape index (κ2) is 3.80. The van der Waals surface area contributed by atoms with E-state index in [2.05, 4.69) is 28.2 Å². The lowest BCUT2D eigenvalue weighted by atomic mass is 10.1. The summed E-state index contributed by atoms with van der Waals surface area (Å²) < 4.78 is 0. The maximum Gasteiger partial charge on any atom is 0.0924 e. The Kier molecular flexibility index (Phi) is 2.29. The number of fused-ring (bicyclic) bond motifs is 1. The van der Waals surface area contributed by atoms with Crippen molar-refractivity contribution in [2.24, 2.45) is 0 Å². The Bertz CT molecular complexity index is 541. The van der Waals surface area contributed by atoms with E-state index in [0.29, 0.717) is 0 Å². The highest BCUT2D eigenvalue weighted by Gasteiger charge is 2.16. The summed E-state index contributed by atoms with van der Waals surface area (Å²) in [6, 6.07) is 6.12. The van der Waals surface area contributed by atoms with Gasteiger partial charge in [-0.15, -0.1) is 0 Å². The van der Waals surface area contributed by atoms with Crippen LogP contribution in [0.3, 0.4) is 0 Å². The normalized spacial score (nSPS) is 16.7. The molecule has 0 saturated heterocycles. The molecule has 1 heterocycles. The average Bonchev–Trinajstić information content (AvgIpc) is 2.89. The van der Waals surface area contributed by atoms with E-state index >= 15 is 0 Å². The summed E-state index contributed by atoms with van der Waals surface area (Å²) in [6.07, 6.45) is 7.85. The summed E-state index contributed by atoms with van der Waals surface area (Å²) in [6.45, 7) is 0. The Labute approximate surface area is 99.0 Å². The number of aromatic amines is 1. The van der Waals surface area contributed by atoms with Gasteiger partial charge < -0.3 is 4.98 Å². The minimum Gasteiger partial charge on any atom is -0.345 e. The Morgan fingerprint density at radius 1 is 1.31 bits per heavy atom. The molecule has 0 radical (unpaired) electrons. The lowest BCUT2D eigenvalue weighted by Gasteiger charge is -2.00. The molecular weight excluding hydrogens is 220 g/mol. The van der Waals surface area contributed by atoms with E-state index in [-0.39, 0.29) is 0 Å². The summed E-state index contributed by atoms with van der Waals surface area (Å²) >= 11 is 5.98. The van der Waals surface area contributed by atoms with Gasteiger partial charge in [-0.25, -0.2) is 4.98 Å². The highest BCUT2D eigenvalue weighted by atomic mass is 35.5. The number of benzene rings is 1. The van der Waals surface area contributed by atoms with Crippen molar-refractivity contribution < 1.29 is 0 Å². The van der Waals surface area contributed by atoms with Crippen molar-refractivity contribution in [2.45, 2.75) is 12.8 Å². The topological polar surface area (TPSA) is 28.7 Å². The molecule has 0 spiro atoms. The first-order chi connectivity index (χ1) is 7.83. The third kappa shape index (κ3) is 1.65. The quantitative estimate of drug-likeness (QED) is 0.798.